The number of allylic oxidation sites excluding steroid dienone is 4. The van der Waals surface area contributed by atoms with Gasteiger partial charge in [0.15, 0.2) is 0 Å². The van der Waals surface area contributed by atoms with Crippen LogP contribution >= 0.6 is 0 Å². The first-order valence-corrected chi connectivity index (χ1v) is 6.78. The average Bonchev–Trinajstić information content (AvgIpc) is 2.80. The van der Waals surface area contributed by atoms with Gasteiger partial charge in [-0.15, -0.1) is 0 Å². The predicted molar refractivity (Wildman–Crippen MR) is 66.8 cm³/mol. The highest BCUT2D eigenvalue weighted by Gasteiger charge is 2.25. The molecule has 15 heavy (non-hydrogen) atoms. The molecule has 84 valence electrons. The summed E-state index contributed by atoms with van der Waals surface area (Å²) in [5.74, 6) is 1.98. The van der Waals surface area contributed by atoms with Crippen molar-refractivity contribution in [2.24, 2.45) is 11.8 Å². The molecule has 3 rings (SSSR count). The van der Waals surface area contributed by atoms with Crippen molar-refractivity contribution in [3.05, 3.63) is 24.3 Å². The normalized spacial score (nSPS) is 33.1. The summed E-state index contributed by atoms with van der Waals surface area (Å²) < 4.78 is 0. The Balaban J connectivity index is 0.000000114. The predicted octanol–water partition coefficient (Wildman–Crippen LogP) is 4.87. The molecule has 0 aliphatic heterocycles. The minimum Gasteiger partial charge on any atom is -0.0885 e. The zero-order valence-electron chi connectivity index (χ0n) is 9.83. The summed E-state index contributed by atoms with van der Waals surface area (Å²) in [6.45, 7) is 0. The molecule has 0 aromatic rings. The molecule has 1 saturated carbocycles. The van der Waals surface area contributed by atoms with Crippen LogP contribution in [0.4, 0.5) is 0 Å². The monoisotopic (exact) mass is 204 g/mol. The van der Waals surface area contributed by atoms with E-state index in [-0.39, 0.29) is 0 Å². The SMILES string of the molecule is C1=CC2CCC1C2.C1=CCCCCCC1. The van der Waals surface area contributed by atoms with E-state index in [0.717, 1.165) is 11.8 Å². The van der Waals surface area contributed by atoms with E-state index in [1.807, 2.05) is 0 Å². The van der Waals surface area contributed by atoms with E-state index in [0.29, 0.717) is 0 Å². The Morgan fingerprint density at radius 2 is 1.20 bits per heavy atom. The summed E-state index contributed by atoms with van der Waals surface area (Å²) in [5, 5.41) is 0. The summed E-state index contributed by atoms with van der Waals surface area (Å²) in [6.07, 6.45) is 22.2. The van der Waals surface area contributed by atoms with Gasteiger partial charge in [-0.05, 0) is 56.8 Å². The second kappa shape index (κ2) is 6.15. The van der Waals surface area contributed by atoms with Crippen LogP contribution in [-0.4, -0.2) is 0 Å². The van der Waals surface area contributed by atoms with Crippen LogP contribution in [-0.2, 0) is 0 Å². The Hall–Kier alpha value is -0.520. The molecular weight excluding hydrogens is 180 g/mol. The van der Waals surface area contributed by atoms with Gasteiger partial charge in [-0.25, -0.2) is 0 Å². The molecule has 2 bridgehead atoms. The Morgan fingerprint density at radius 1 is 0.667 bits per heavy atom. The topological polar surface area (TPSA) is 0 Å². The van der Waals surface area contributed by atoms with Crippen LogP contribution in [0, 0.1) is 11.8 Å². The van der Waals surface area contributed by atoms with E-state index in [2.05, 4.69) is 24.3 Å². The van der Waals surface area contributed by atoms with Crippen LogP contribution in [0.15, 0.2) is 24.3 Å². The van der Waals surface area contributed by atoms with E-state index in [1.165, 1.54) is 57.8 Å². The van der Waals surface area contributed by atoms with Gasteiger partial charge in [0.25, 0.3) is 0 Å². The molecule has 0 heteroatoms. The Morgan fingerprint density at radius 3 is 1.53 bits per heavy atom. The average molecular weight is 204 g/mol. The van der Waals surface area contributed by atoms with Gasteiger partial charge in [0, 0.05) is 0 Å². The van der Waals surface area contributed by atoms with Crippen molar-refractivity contribution in [3.63, 3.8) is 0 Å². The number of rotatable bonds is 0. The quantitative estimate of drug-likeness (QED) is 0.494. The van der Waals surface area contributed by atoms with E-state index in [9.17, 15) is 0 Å². The van der Waals surface area contributed by atoms with Crippen molar-refractivity contribution in [2.45, 2.75) is 57.8 Å². The third kappa shape index (κ3) is 3.85. The first kappa shape index (κ1) is 11.0. The third-order valence-electron chi connectivity index (χ3n) is 3.83. The molecule has 3 aliphatic rings. The van der Waals surface area contributed by atoms with Gasteiger partial charge in [-0.1, -0.05) is 37.1 Å². The highest BCUT2D eigenvalue weighted by Crippen LogP contribution is 2.38. The zero-order chi connectivity index (χ0) is 10.3. The van der Waals surface area contributed by atoms with Crippen molar-refractivity contribution in [1.29, 1.82) is 0 Å². The molecule has 2 atom stereocenters. The Kier molecular flexibility index (Phi) is 4.50. The lowest BCUT2D eigenvalue weighted by atomic mass is 10.1. The molecule has 1 fully saturated rings. The standard InChI is InChI=1S/C8H14.C7H10/c1-2-4-6-8-7-5-3-1;1-2-7-4-3-6(1)5-7/h1-2H,3-8H2;1-2,6-7H,3-5H2. The summed E-state index contributed by atoms with van der Waals surface area (Å²) in [6, 6.07) is 0. The molecule has 0 heterocycles. The second-order valence-electron chi connectivity index (χ2n) is 5.18. The van der Waals surface area contributed by atoms with Gasteiger partial charge >= 0.3 is 0 Å². The van der Waals surface area contributed by atoms with Crippen molar-refractivity contribution in [3.8, 4) is 0 Å². The van der Waals surface area contributed by atoms with Gasteiger partial charge in [-0.2, -0.15) is 0 Å². The number of fused-ring (bicyclic) bond motifs is 2. The van der Waals surface area contributed by atoms with Gasteiger partial charge in [-0.3, -0.25) is 0 Å². The molecule has 0 N–H and O–H groups in total. The minimum absolute atomic E-state index is 0.991. The molecule has 3 aliphatic carbocycles. The van der Waals surface area contributed by atoms with Crippen LogP contribution in [0.3, 0.4) is 0 Å². The van der Waals surface area contributed by atoms with Crippen LogP contribution in [0.1, 0.15) is 57.8 Å². The summed E-state index contributed by atoms with van der Waals surface area (Å²) in [5.41, 5.74) is 0. The van der Waals surface area contributed by atoms with Crippen molar-refractivity contribution in [1.82, 2.24) is 0 Å². The van der Waals surface area contributed by atoms with Gasteiger partial charge < -0.3 is 0 Å². The van der Waals surface area contributed by atoms with Gasteiger partial charge in [0.1, 0.15) is 0 Å². The highest BCUT2D eigenvalue weighted by molar-refractivity contribution is 5.06. The zero-order valence-corrected chi connectivity index (χ0v) is 9.83. The van der Waals surface area contributed by atoms with Crippen LogP contribution < -0.4 is 0 Å². The third-order valence-corrected chi connectivity index (χ3v) is 3.83. The summed E-state index contributed by atoms with van der Waals surface area (Å²) in [7, 11) is 0. The van der Waals surface area contributed by atoms with Crippen LogP contribution in [0.25, 0.3) is 0 Å². The molecule has 0 amide bonds. The van der Waals surface area contributed by atoms with Gasteiger partial charge in [0.05, 0.1) is 0 Å². The Labute approximate surface area is 94.5 Å². The maximum atomic E-state index is 2.38. The first-order chi connectivity index (χ1) is 7.45. The maximum Gasteiger partial charge on any atom is -0.0228 e. The lowest BCUT2D eigenvalue weighted by Gasteiger charge is -2.00. The molecule has 2 unspecified atom stereocenters. The minimum atomic E-state index is 0.991. The van der Waals surface area contributed by atoms with E-state index in [4.69, 9.17) is 0 Å². The van der Waals surface area contributed by atoms with Crippen molar-refractivity contribution < 1.29 is 0 Å². The lowest BCUT2D eigenvalue weighted by molar-refractivity contribution is 0.638. The van der Waals surface area contributed by atoms with Crippen LogP contribution in [0.5, 0.6) is 0 Å². The van der Waals surface area contributed by atoms with Crippen LogP contribution in [0.2, 0.25) is 0 Å². The molecule has 0 aromatic heterocycles. The fraction of sp³-hybridized carbons (Fsp3) is 0.733. The summed E-state index contributed by atoms with van der Waals surface area (Å²) >= 11 is 0. The molecule has 0 spiro atoms. The molecule has 0 aromatic carbocycles. The molecule has 0 nitrogen and oxygen atoms in total. The largest absolute Gasteiger partial charge is 0.0885 e. The maximum absolute atomic E-state index is 2.38. The number of hydrogen-bond donors (Lipinski definition) is 0. The first-order valence-electron chi connectivity index (χ1n) is 6.78. The highest BCUT2D eigenvalue weighted by atomic mass is 14.3. The van der Waals surface area contributed by atoms with E-state index in [1.54, 1.807) is 0 Å². The van der Waals surface area contributed by atoms with Crippen molar-refractivity contribution >= 4 is 0 Å². The number of hydrogen-bond acceptors (Lipinski definition) is 0. The molecular formula is C15H24. The summed E-state index contributed by atoms with van der Waals surface area (Å²) in [4.78, 5) is 0. The lowest BCUT2D eigenvalue weighted by Crippen LogP contribution is -1.82. The van der Waals surface area contributed by atoms with E-state index >= 15 is 0 Å². The fourth-order valence-electron chi connectivity index (χ4n) is 2.83. The van der Waals surface area contributed by atoms with Crippen molar-refractivity contribution in [2.75, 3.05) is 0 Å². The molecule has 0 saturated heterocycles. The van der Waals surface area contributed by atoms with Gasteiger partial charge in [0.2, 0.25) is 0 Å². The molecule has 0 radical (unpaired) electrons. The smallest absolute Gasteiger partial charge is 0.0228 e. The van der Waals surface area contributed by atoms with E-state index < -0.39 is 0 Å². The Bertz CT molecular complexity index is 202. The second-order valence-corrected chi connectivity index (χ2v) is 5.18. The fourth-order valence-corrected chi connectivity index (χ4v) is 2.83.